The van der Waals surface area contributed by atoms with E-state index in [-0.39, 0.29) is 17.4 Å². The Bertz CT molecular complexity index is 566. The van der Waals surface area contributed by atoms with Gasteiger partial charge < -0.3 is 10.5 Å². The fraction of sp³-hybridized carbons (Fsp3) is 0.111. The summed E-state index contributed by atoms with van der Waals surface area (Å²) in [6.45, 7) is 0. The maximum Gasteiger partial charge on any atom is 0.310 e. The van der Waals surface area contributed by atoms with Crippen molar-refractivity contribution in [2.24, 2.45) is 0 Å². The molecule has 1 heterocycles. The zero-order chi connectivity index (χ0) is 12.4. The molecular weight excluding hydrogens is 226 g/mol. The number of nitrogens with one attached hydrogen (secondary N) is 1. The first-order valence-corrected chi connectivity index (χ1v) is 4.62. The van der Waals surface area contributed by atoms with Gasteiger partial charge in [-0.3, -0.25) is 15.2 Å². The van der Waals surface area contributed by atoms with Gasteiger partial charge in [-0.25, -0.2) is 0 Å². The molecule has 8 heteroatoms. The second kappa shape index (κ2) is 4.08. The number of hydrogen-bond acceptors (Lipinski definition) is 6. The standard InChI is InChI=1S/C9H9N5O3/c1-17-7-4-5(2-3-6(7)14(15)16)8-11-9(10)13-12-8/h2-4H,1H3,(H3,10,11,12,13). The van der Waals surface area contributed by atoms with E-state index >= 15 is 0 Å². The summed E-state index contributed by atoms with van der Waals surface area (Å²) < 4.78 is 4.94. The number of nitrogens with zero attached hydrogens (tertiary/aromatic N) is 3. The van der Waals surface area contributed by atoms with Gasteiger partial charge in [0.15, 0.2) is 11.6 Å². The van der Waals surface area contributed by atoms with Crippen molar-refractivity contribution in [3.63, 3.8) is 0 Å². The highest BCUT2D eigenvalue weighted by molar-refractivity contribution is 5.63. The first-order valence-electron chi connectivity index (χ1n) is 4.62. The number of aromatic nitrogens is 3. The summed E-state index contributed by atoms with van der Waals surface area (Å²) in [5, 5.41) is 17.0. The van der Waals surface area contributed by atoms with E-state index in [0.717, 1.165) is 0 Å². The van der Waals surface area contributed by atoms with E-state index in [2.05, 4.69) is 15.2 Å². The van der Waals surface area contributed by atoms with Gasteiger partial charge in [-0.05, 0) is 12.1 Å². The van der Waals surface area contributed by atoms with Crippen LogP contribution in [0.2, 0.25) is 0 Å². The predicted molar refractivity (Wildman–Crippen MR) is 59.4 cm³/mol. The minimum atomic E-state index is -0.517. The highest BCUT2D eigenvalue weighted by atomic mass is 16.6. The molecule has 0 atom stereocenters. The average molecular weight is 235 g/mol. The minimum Gasteiger partial charge on any atom is -0.490 e. The van der Waals surface area contributed by atoms with Gasteiger partial charge in [0, 0.05) is 11.6 Å². The van der Waals surface area contributed by atoms with E-state index in [4.69, 9.17) is 10.5 Å². The molecule has 0 bridgehead atoms. The van der Waals surface area contributed by atoms with E-state index in [1.54, 1.807) is 6.07 Å². The monoisotopic (exact) mass is 235 g/mol. The summed E-state index contributed by atoms with van der Waals surface area (Å²) in [6.07, 6.45) is 0. The first kappa shape index (κ1) is 10.9. The number of hydrogen-bond donors (Lipinski definition) is 2. The Kier molecular flexibility index (Phi) is 2.61. The van der Waals surface area contributed by atoms with E-state index in [1.807, 2.05) is 0 Å². The van der Waals surface area contributed by atoms with Crippen LogP contribution in [-0.2, 0) is 0 Å². The molecule has 17 heavy (non-hydrogen) atoms. The summed E-state index contributed by atoms with van der Waals surface area (Å²) >= 11 is 0. The van der Waals surface area contributed by atoms with Crippen LogP contribution in [-0.4, -0.2) is 27.2 Å². The predicted octanol–water partition coefficient (Wildman–Crippen LogP) is 0.971. The second-order valence-corrected chi connectivity index (χ2v) is 3.19. The number of rotatable bonds is 3. The third-order valence-electron chi connectivity index (χ3n) is 2.15. The number of nitro benzene ring substituents is 1. The summed E-state index contributed by atoms with van der Waals surface area (Å²) in [5.41, 5.74) is 5.87. The lowest BCUT2D eigenvalue weighted by Gasteiger charge is -2.02. The highest BCUT2D eigenvalue weighted by Gasteiger charge is 2.16. The maximum atomic E-state index is 10.7. The van der Waals surface area contributed by atoms with E-state index < -0.39 is 4.92 Å². The second-order valence-electron chi connectivity index (χ2n) is 3.19. The molecule has 0 aliphatic carbocycles. The molecule has 2 rings (SSSR count). The molecule has 0 fully saturated rings. The van der Waals surface area contributed by atoms with Crippen molar-refractivity contribution < 1.29 is 9.66 Å². The minimum absolute atomic E-state index is 0.108. The molecule has 0 saturated heterocycles. The molecule has 0 amide bonds. The Morgan fingerprint density at radius 2 is 2.29 bits per heavy atom. The third kappa shape index (κ3) is 2.00. The SMILES string of the molecule is COc1cc(-c2nc(N)n[nH]2)ccc1[N+](=O)[O-]. The van der Waals surface area contributed by atoms with Crippen LogP contribution >= 0.6 is 0 Å². The Labute approximate surface area is 95.6 Å². The zero-order valence-electron chi connectivity index (χ0n) is 8.88. The van der Waals surface area contributed by atoms with Gasteiger partial charge in [-0.15, -0.1) is 5.10 Å². The van der Waals surface area contributed by atoms with Crippen LogP contribution in [0.5, 0.6) is 5.75 Å². The van der Waals surface area contributed by atoms with Crippen molar-refractivity contribution in [3.05, 3.63) is 28.3 Å². The lowest BCUT2D eigenvalue weighted by Crippen LogP contribution is -1.94. The van der Waals surface area contributed by atoms with Gasteiger partial charge in [-0.2, -0.15) is 4.98 Å². The Balaban J connectivity index is 2.48. The molecule has 1 aromatic carbocycles. The molecule has 0 radical (unpaired) electrons. The van der Waals surface area contributed by atoms with Crippen molar-refractivity contribution >= 4 is 11.6 Å². The summed E-state index contributed by atoms with van der Waals surface area (Å²) in [5.74, 6) is 0.690. The largest absolute Gasteiger partial charge is 0.490 e. The van der Waals surface area contributed by atoms with Crippen LogP contribution in [0.3, 0.4) is 0 Å². The quantitative estimate of drug-likeness (QED) is 0.604. The summed E-state index contributed by atoms with van der Waals surface area (Å²) in [7, 11) is 1.36. The van der Waals surface area contributed by atoms with E-state index in [1.165, 1.54) is 19.2 Å². The number of nitrogens with two attached hydrogens (primary N) is 1. The number of aromatic amines is 1. The number of anilines is 1. The van der Waals surface area contributed by atoms with Crippen molar-refractivity contribution in [1.82, 2.24) is 15.2 Å². The van der Waals surface area contributed by atoms with Gasteiger partial charge in [-0.1, -0.05) is 0 Å². The summed E-state index contributed by atoms with van der Waals surface area (Å²) in [6, 6.07) is 4.38. The molecule has 8 nitrogen and oxygen atoms in total. The Hall–Kier alpha value is -2.64. The molecule has 88 valence electrons. The van der Waals surface area contributed by atoms with Crippen molar-refractivity contribution in [2.75, 3.05) is 12.8 Å². The van der Waals surface area contributed by atoms with Gasteiger partial charge in [0.05, 0.1) is 12.0 Å². The molecule has 1 aromatic heterocycles. The zero-order valence-corrected chi connectivity index (χ0v) is 8.88. The van der Waals surface area contributed by atoms with Crippen LogP contribution in [0.4, 0.5) is 11.6 Å². The van der Waals surface area contributed by atoms with Gasteiger partial charge in [0.1, 0.15) is 0 Å². The van der Waals surface area contributed by atoms with Crippen LogP contribution < -0.4 is 10.5 Å². The molecule has 0 aliphatic rings. The first-order chi connectivity index (χ1) is 8.11. The van der Waals surface area contributed by atoms with Crippen molar-refractivity contribution in [3.8, 4) is 17.1 Å². The highest BCUT2D eigenvalue weighted by Crippen LogP contribution is 2.30. The van der Waals surface area contributed by atoms with Crippen LogP contribution in [0.15, 0.2) is 18.2 Å². The fourth-order valence-corrected chi connectivity index (χ4v) is 1.38. The molecule has 0 unspecified atom stereocenters. The lowest BCUT2D eigenvalue weighted by molar-refractivity contribution is -0.385. The van der Waals surface area contributed by atoms with Crippen molar-refractivity contribution in [1.29, 1.82) is 0 Å². The molecule has 0 aliphatic heterocycles. The number of nitrogen functional groups attached to an aromatic ring is 1. The van der Waals surface area contributed by atoms with Gasteiger partial charge in [0.25, 0.3) is 0 Å². The molecule has 0 saturated carbocycles. The van der Waals surface area contributed by atoms with Crippen LogP contribution in [0, 0.1) is 10.1 Å². The molecule has 0 spiro atoms. The number of methoxy groups -OCH3 is 1. The Morgan fingerprint density at radius 1 is 1.53 bits per heavy atom. The summed E-state index contributed by atoms with van der Waals surface area (Å²) in [4.78, 5) is 14.1. The average Bonchev–Trinajstić information content (AvgIpc) is 2.75. The molecular formula is C9H9N5O3. The smallest absolute Gasteiger partial charge is 0.310 e. The molecule has 2 aromatic rings. The lowest BCUT2D eigenvalue weighted by atomic mass is 10.2. The number of H-pyrrole nitrogens is 1. The number of ether oxygens (including phenoxy) is 1. The van der Waals surface area contributed by atoms with Crippen LogP contribution in [0.25, 0.3) is 11.4 Å². The topological polar surface area (TPSA) is 120 Å². The maximum absolute atomic E-state index is 10.7. The number of benzene rings is 1. The Morgan fingerprint density at radius 3 is 2.82 bits per heavy atom. The fourth-order valence-electron chi connectivity index (χ4n) is 1.38. The van der Waals surface area contributed by atoms with Gasteiger partial charge in [0.2, 0.25) is 5.95 Å². The van der Waals surface area contributed by atoms with E-state index in [0.29, 0.717) is 11.4 Å². The normalized spacial score (nSPS) is 10.2. The van der Waals surface area contributed by atoms with Gasteiger partial charge >= 0.3 is 5.69 Å². The van der Waals surface area contributed by atoms with Crippen LogP contribution in [0.1, 0.15) is 0 Å². The van der Waals surface area contributed by atoms with E-state index in [9.17, 15) is 10.1 Å². The third-order valence-corrected chi connectivity index (χ3v) is 2.15. The van der Waals surface area contributed by atoms with Crippen molar-refractivity contribution in [2.45, 2.75) is 0 Å². The molecule has 3 N–H and O–H groups in total. The number of nitro groups is 1.